The molecule has 3 atom stereocenters. The first-order valence-electron chi connectivity index (χ1n) is 11.1. The predicted octanol–water partition coefficient (Wildman–Crippen LogP) is 3.74. The topological polar surface area (TPSA) is 92.8 Å². The Labute approximate surface area is 197 Å². The molecule has 9 heteroatoms. The van der Waals surface area contributed by atoms with E-state index < -0.39 is 16.0 Å². The zero-order valence-electron chi connectivity index (χ0n) is 18.5. The summed E-state index contributed by atoms with van der Waals surface area (Å²) in [6.45, 7) is 2.66. The Morgan fingerprint density at radius 3 is 2.70 bits per heavy atom. The van der Waals surface area contributed by atoms with Gasteiger partial charge in [0.15, 0.2) is 4.21 Å². The van der Waals surface area contributed by atoms with Gasteiger partial charge in [-0.25, -0.2) is 13.2 Å². The fourth-order valence-electron chi connectivity index (χ4n) is 5.27. The van der Waals surface area contributed by atoms with E-state index in [0.717, 1.165) is 34.6 Å². The molecule has 5 rings (SSSR count). The van der Waals surface area contributed by atoms with Crippen molar-refractivity contribution >= 4 is 38.9 Å². The molecule has 2 aliphatic carbocycles. The molecule has 0 radical (unpaired) electrons. The maximum absolute atomic E-state index is 13.3. The Balaban J connectivity index is 1.45. The van der Waals surface area contributed by atoms with Gasteiger partial charge in [0.25, 0.3) is 10.0 Å². The number of fused-ring (bicyclic) bond motifs is 3. The Hall–Kier alpha value is -2.65. The molecule has 0 saturated heterocycles. The van der Waals surface area contributed by atoms with Gasteiger partial charge in [0, 0.05) is 23.0 Å². The maximum Gasteiger partial charge on any atom is 0.340 e. The van der Waals surface area contributed by atoms with E-state index in [1.54, 1.807) is 18.2 Å². The SMILES string of the molecule is COC(=O)c1c(S(=O)(=O)Nc2cccc(C)c2)sc2c1CCN(C(=O)[C@H]1C[C@@H]3C=C[C@H]1C3)C2. The van der Waals surface area contributed by atoms with Gasteiger partial charge >= 0.3 is 5.97 Å². The van der Waals surface area contributed by atoms with E-state index in [1.807, 2.05) is 17.9 Å². The van der Waals surface area contributed by atoms with Gasteiger partial charge in [0.05, 0.1) is 19.2 Å². The van der Waals surface area contributed by atoms with E-state index in [1.165, 1.54) is 7.11 Å². The predicted molar refractivity (Wildman–Crippen MR) is 126 cm³/mol. The van der Waals surface area contributed by atoms with Crippen LogP contribution in [0.2, 0.25) is 0 Å². The third-order valence-corrected chi connectivity index (χ3v) is 9.95. The summed E-state index contributed by atoms with van der Waals surface area (Å²) in [5.41, 5.74) is 2.11. The van der Waals surface area contributed by atoms with Crippen molar-refractivity contribution in [3.05, 3.63) is 58.0 Å². The first-order chi connectivity index (χ1) is 15.8. The smallest absolute Gasteiger partial charge is 0.340 e. The minimum atomic E-state index is -4.02. The average molecular weight is 487 g/mol. The number of hydrogen-bond donors (Lipinski definition) is 1. The number of esters is 1. The number of rotatable bonds is 5. The van der Waals surface area contributed by atoms with Crippen LogP contribution in [0, 0.1) is 24.7 Å². The van der Waals surface area contributed by atoms with Crippen molar-refractivity contribution in [3.8, 4) is 0 Å². The van der Waals surface area contributed by atoms with Crippen molar-refractivity contribution in [2.45, 2.75) is 36.9 Å². The summed E-state index contributed by atoms with van der Waals surface area (Å²) in [5.74, 6) is 0.282. The number of ether oxygens (including phenoxy) is 1. The van der Waals surface area contributed by atoms with E-state index in [2.05, 4.69) is 16.9 Å². The molecule has 174 valence electrons. The van der Waals surface area contributed by atoms with Crippen LogP contribution < -0.4 is 4.72 Å². The molecular weight excluding hydrogens is 460 g/mol. The van der Waals surface area contributed by atoms with Crippen molar-refractivity contribution in [2.24, 2.45) is 17.8 Å². The number of hydrogen-bond acceptors (Lipinski definition) is 6. The molecule has 2 heterocycles. The highest BCUT2D eigenvalue weighted by Gasteiger charge is 2.43. The second-order valence-corrected chi connectivity index (χ2v) is 12.0. The van der Waals surface area contributed by atoms with Crippen molar-refractivity contribution < 1.29 is 22.7 Å². The molecule has 1 aromatic carbocycles. The lowest BCUT2D eigenvalue weighted by Crippen LogP contribution is -2.40. The molecule has 1 N–H and O–H groups in total. The summed E-state index contributed by atoms with van der Waals surface area (Å²) >= 11 is 1.06. The van der Waals surface area contributed by atoms with Gasteiger partial charge in [-0.15, -0.1) is 11.3 Å². The standard InChI is InChI=1S/C24H26N2O5S2/c1-14-4-3-5-17(10-14)25-33(29,30)24-21(23(28)31-2)18-8-9-26(13-20(18)32-24)22(27)19-12-15-6-7-16(19)11-15/h3-7,10,15-16,19,25H,8-9,11-13H2,1-2H3/t15-,16+,19+/m1/s1. The molecule has 1 fully saturated rings. The number of carbonyl (C=O) groups excluding carboxylic acids is 2. The largest absolute Gasteiger partial charge is 0.465 e. The van der Waals surface area contributed by atoms with Crippen molar-refractivity contribution in [1.82, 2.24) is 4.90 Å². The van der Waals surface area contributed by atoms with Crippen LogP contribution >= 0.6 is 11.3 Å². The first kappa shape index (κ1) is 22.2. The Kier molecular flexibility index (Phi) is 5.56. The van der Waals surface area contributed by atoms with Crippen LogP contribution in [0.3, 0.4) is 0 Å². The number of aryl methyl sites for hydroxylation is 1. The van der Waals surface area contributed by atoms with Crippen LogP contribution in [0.25, 0.3) is 0 Å². The van der Waals surface area contributed by atoms with Gasteiger partial charge in [0.2, 0.25) is 5.91 Å². The molecule has 0 unspecified atom stereocenters. The van der Waals surface area contributed by atoms with Gasteiger partial charge in [-0.05, 0) is 61.3 Å². The third-order valence-electron chi connectivity index (χ3n) is 6.84. The fourth-order valence-corrected chi connectivity index (χ4v) is 8.22. The first-order valence-corrected chi connectivity index (χ1v) is 13.4. The molecule has 7 nitrogen and oxygen atoms in total. The summed E-state index contributed by atoms with van der Waals surface area (Å²) in [6.07, 6.45) is 6.74. The van der Waals surface area contributed by atoms with Gasteiger partial charge in [0.1, 0.15) is 0 Å². The number of methoxy groups -OCH3 is 1. The van der Waals surface area contributed by atoms with Crippen molar-refractivity contribution in [1.29, 1.82) is 0 Å². The van der Waals surface area contributed by atoms with E-state index in [9.17, 15) is 18.0 Å². The van der Waals surface area contributed by atoms with Gasteiger partial charge in [-0.2, -0.15) is 0 Å². The number of carbonyl (C=O) groups is 2. The summed E-state index contributed by atoms with van der Waals surface area (Å²) < 4.78 is 34.0. The summed E-state index contributed by atoms with van der Waals surface area (Å²) in [5, 5.41) is 0. The second-order valence-electron chi connectivity index (χ2n) is 9.03. The molecule has 1 saturated carbocycles. The summed E-state index contributed by atoms with van der Waals surface area (Å²) in [7, 11) is -2.77. The van der Waals surface area contributed by atoms with Crippen LogP contribution in [-0.4, -0.2) is 38.8 Å². The normalized spacial score (nSPS) is 23.5. The quantitative estimate of drug-likeness (QED) is 0.513. The highest BCUT2D eigenvalue weighted by molar-refractivity contribution is 7.94. The molecule has 3 aliphatic rings. The van der Waals surface area contributed by atoms with Crippen LogP contribution in [0.4, 0.5) is 5.69 Å². The zero-order chi connectivity index (χ0) is 23.3. The second kappa shape index (κ2) is 8.29. The minimum Gasteiger partial charge on any atom is -0.465 e. The molecule has 1 aliphatic heterocycles. The van der Waals surface area contributed by atoms with Gasteiger partial charge in [-0.1, -0.05) is 24.3 Å². The Morgan fingerprint density at radius 2 is 2.03 bits per heavy atom. The summed E-state index contributed by atoms with van der Waals surface area (Å²) in [4.78, 5) is 28.4. The number of sulfonamides is 1. The number of benzene rings is 1. The molecule has 0 spiro atoms. The molecule has 1 aromatic heterocycles. The van der Waals surface area contributed by atoms with Crippen molar-refractivity contribution in [2.75, 3.05) is 18.4 Å². The zero-order valence-corrected chi connectivity index (χ0v) is 20.2. The number of amides is 1. The van der Waals surface area contributed by atoms with Crippen LogP contribution in [0.15, 0.2) is 40.6 Å². The minimum absolute atomic E-state index is 0.00720. The lowest BCUT2D eigenvalue weighted by molar-refractivity contribution is -0.137. The lowest BCUT2D eigenvalue weighted by Gasteiger charge is -2.31. The number of thiophene rings is 1. The number of anilines is 1. The van der Waals surface area contributed by atoms with Crippen LogP contribution in [0.5, 0.6) is 0 Å². The number of allylic oxidation sites excluding steroid dienone is 2. The van der Waals surface area contributed by atoms with E-state index in [4.69, 9.17) is 4.74 Å². The molecular formula is C24H26N2O5S2. The van der Waals surface area contributed by atoms with E-state index in [0.29, 0.717) is 42.6 Å². The summed E-state index contributed by atoms with van der Waals surface area (Å²) in [6, 6.07) is 7.04. The lowest BCUT2D eigenvalue weighted by atomic mass is 9.91. The Morgan fingerprint density at radius 1 is 1.21 bits per heavy atom. The fraction of sp³-hybridized carbons (Fsp3) is 0.417. The maximum atomic E-state index is 13.3. The molecule has 33 heavy (non-hydrogen) atoms. The monoisotopic (exact) mass is 486 g/mol. The number of nitrogens with one attached hydrogen (secondary N) is 1. The highest BCUT2D eigenvalue weighted by atomic mass is 32.2. The highest BCUT2D eigenvalue weighted by Crippen LogP contribution is 2.45. The molecule has 2 bridgehead atoms. The Bertz CT molecular complexity index is 1260. The van der Waals surface area contributed by atoms with E-state index in [-0.39, 0.29) is 21.6 Å². The van der Waals surface area contributed by atoms with E-state index >= 15 is 0 Å². The number of nitrogens with zero attached hydrogens (tertiary/aromatic N) is 1. The average Bonchev–Trinajstić information content (AvgIpc) is 3.51. The van der Waals surface area contributed by atoms with Gasteiger partial charge < -0.3 is 9.64 Å². The third kappa shape index (κ3) is 3.97. The van der Waals surface area contributed by atoms with Crippen molar-refractivity contribution in [3.63, 3.8) is 0 Å². The molecule has 2 aromatic rings. The van der Waals surface area contributed by atoms with Crippen LogP contribution in [0.1, 0.15) is 39.2 Å². The van der Waals surface area contributed by atoms with Gasteiger partial charge in [-0.3, -0.25) is 9.52 Å². The van der Waals surface area contributed by atoms with Crippen LogP contribution in [-0.2, 0) is 32.5 Å². The molecule has 1 amide bonds.